The van der Waals surface area contributed by atoms with Crippen LogP contribution in [-0.2, 0) is 4.74 Å². The average Bonchev–Trinajstić information content (AvgIpc) is 2.44. The smallest absolute Gasteiger partial charge is 0.159 e. The molecule has 0 aromatic carbocycles. The van der Waals surface area contributed by atoms with Gasteiger partial charge in [0.05, 0.1) is 18.8 Å². The van der Waals surface area contributed by atoms with Gasteiger partial charge in [-0.3, -0.25) is 4.98 Å². The fourth-order valence-electron chi connectivity index (χ4n) is 2.14. The van der Waals surface area contributed by atoms with E-state index < -0.39 is 6.10 Å². The molecule has 6 nitrogen and oxygen atoms in total. The van der Waals surface area contributed by atoms with Crippen LogP contribution in [0.4, 0.5) is 5.82 Å². The third-order valence-electron chi connectivity index (χ3n) is 3.18. The Labute approximate surface area is 114 Å². The van der Waals surface area contributed by atoms with E-state index in [1.807, 2.05) is 0 Å². The van der Waals surface area contributed by atoms with Crippen LogP contribution in [0, 0.1) is 0 Å². The molecule has 0 radical (unpaired) electrons. The van der Waals surface area contributed by atoms with E-state index in [1.54, 1.807) is 18.5 Å². The molecule has 0 amide bonds. The molecule has 2 aromatic rings. The number of pyridine rings is 1. The zero-order chi connectivity index (χ0) is 13.2. The lowest BCUT2D eigenvalue weighted by molar-refractivity contribution is -0.0135. The minimum atomic E-state index is -0.557. The largest absolute Gasteiger partial charge is 0.389 e. The summed E-state index contributed by atoms with van der Waals surface area (Å²) in [5.74, 6) is 0.582. The number of halogens is 1. The van der Waals surface area contributed by atoms with Crippen LogP contribution in [0.25, 0.3) is 10.8 Å². The minimum Gasteiger partial charge on any atom is -0.389 e. The van der Waals surface area contributed by atoms with Crippen molar-refractivity contribution in [2.24, 2.45) is 0 Å². The molecule has 19 heavy (non-hydrogen) atoms. The Kier molecular flexibility index (Phi) is 3.46. The molecule has 2 N–H and O–H groups in total. The fraction of sp³-hybridized carbons (Fsp3) is 0.417. The summed E-state index contributed by atoms with van der Waals surface area (Å²) in [6, 6.07) is 1.69. The second-order valence-corrected chi connectivity index (χ2v) is 4.80. The molecule has 3 heterocycles. The number of nitrogens with one attached hydrogen (secondary N) is 1. The second-order valence-electron chi connectivity index (χ2n) is 4.44. The Morgan fingerprint density at radius 3 is 3.11 bits per heavy atom. The van der Waals surface area contributed by atoms with Crippen molar-refractivity contribution < 1.29 is 9.84 Å². The summed E-state index contributed by atoms with van der Waals surface area (Å²) in [4.78, 5) is 4.07. The predicted octanol–water partition coefficient (Wildman–Crippen LogP) is 1.24. The highest BCUT2D eigenvalue weighted by atomic mass is 35.5. The van der Waals surface area contributed by atoms with Crippen LogP contribution < -0.4 is 5.32 Å². The van der Waals surface area contributed by atoms with Crippen molar-refractivity contribution in [1.82, 2.24) is 15.2 Å². The van der Waals surface area contributed by atoms with Gasteiger partial charge in [0.15, 0.2) is 11.0 Å². The summed E-state index contributed by atoms with van der Waals surface area (Å²) in [6.45, 7) is 0.945. The van der Waals surface area contributed by atoms with Gasteiger partial charge in [-0.1, -0.05) is 11.6 Å². The van der Waals surface area contributed by atoms with Gasteiger partial charge in [-0.05, 0) is 12.5 Å². The molecule has 100 valence electrons. The summed E-state index contributed by atoms with van der Waals surface area (Å²) >= 11 is 6.00. The van der Waals surface area contributed by atoms with Crippen LogP contribution in [0.1, 0.15) is 6.42 Å². The van der Waals surface area contributed by atoms with Gasteiger partial charge in [0.2, 0.25) is 0 Å². The third kappa shape index (κ3) is 2.47. The molecule has 0 unspecified atom stereocenters. The van der Waals surface area contributed by atoms with Crippen LogP contribution >= 0.6 is 11.6 Å². The number of hydrogen-bond donors (Lipinski definition) is 2. The van der Waals surface area contributed by atoms with Crippen molar-refractivity contribution in [3.05, 3.63) is 23.6 Å². The van der Waals surface area contributed by atoms with E-state index in [1.165, 1.54) is 0 Å². The Bertz CT molecular complexity index is 595. The monoisotopic (exact) mass is 280 g/mol. The van der Waals surface area contributed by atoms with Crippen molar-refractivity contribution in [2.75, 3.05) is 18.5 Å². The van der Waals surface area contributed by atoms with Gasteiger partial charge in [0.1, 0.15) is 0 Å². The normalized spacial score (nSPS) is 23.5. The van der Waals surface area contributed by atoms with E-state index in [9.17, 15) is 5.11 Å². The summed E-state index contributed by atoms with van der Waals surface area (Å²) in [5, 5.41) is 23.0. The lowest BCUT2D eigenvalue weighted by Crippen LogP contribution is -2.42. The number of aromatic nitrogens is 3. The summed E-state index contributed by atoms with van der Waals surface area (Å²) in [7, 11) is 0. The number of aliphatic hydroxyl groups is 1. The summed E-state index contributed by atoms with van der Waals surface area (Å²) in [6.07, 6.45) is 3.50. The molecule has 0 saturated carbocycles. The Morgan fingerprint density at radius 2 is 2.26 bits per heavy atom. The number of anilines is 1. The van der Waals surface area contributed by atoms with E-state index >= 15 is 0 Å². The van der Waals surface area contributed by atoms with E-state index in [2.05, 4.69) is 20.5 Å². The van der Waals surface area contributed by atoms with E-state index in [-0.39, 0.29) is 6.04 Å². The highest BCUT2D eigenvalue weighted by Gasteiger charge is 2.24. The van der Waals surface area contributed by atoms with E-state index in [0.29, 0.717) is 30.6 Å². The molecule has 1 fully saturated rings. The van der Waals surface area contributed by atoms with Gasteiger partial charge in [-0.15, -0.1) is 10.2 Å². The molecule has 7 heteroatoms. The zero-order valence-corrected chi connectivity index (χ0v) is 10.8. The van der Waals surface area contributed by atoms with Crippen molar-refractivity contribution in [3.8, 4) is 0 Å². The number of hydrogen-bond acceptors (Lipinski definition) is 6. The number of ether oxygens (including phenoxy) is 1. The molecular weight excluding hydrogens is 268 g/mol. The van der Waals surface area contributed by atoms with Crippen LogP contribution in [0.5, 0.6) is 0 Å². The first-order chi connectivity index (χ1) is 9.25. The van der Waals surface area contributed by atoms with Crippen molar-refractivity contribution in [1.29, 1.82) is 0 Å². The van der Waals surface area contributed by atoms with Crippen LogP contribution in [0.2, 0.25) is 5.15 Å². The molecule has 2 aromatic heterocycles. The maximum Gasteiger partial charge on any atom is 0.159 e. The molecule has 1 aliphatic rings. The van der Waals surface area contributed by atoms with Crippen LogP contribution in [0.15, 0.2) is 18.5 Å². The Hall–Kier alpha value is -1.50. The Balaban J connectivity index is 1.94. The summed E-state index contributed by atoms with van der Waals surface area (Å²) in [5.41, 5.74) is 0. The van der Waals surface area contributed by atoms with Gasteiger partial charge in [0, 0.05) is 29.8 Å². The predicted molar refractivity (Wildman–Crippen MR) is 71.2 cm³/mol. The molecule has 0 aliphatic carbocycles. The highest BCUT2D eigenvalue weighted by Crippen LogP contribution is 2.26. The number of nitrogens with zero attached hydrogens (tertiary/aromatic N) is 3. The standard InChI is InChI=1S/C12H13ClN4O2/c13-11-7-1-3-14-5-8(7)12(17-16-11)15-9-2-4-19-6-10(9)18/h1,3,5,9-10,18H,2,4,6H2,(H,15,17)/t9-,10+/m1/s1. The minimum absolute atomic E-state index is 0.104. The molecule has 0 bridgehead atoms. The first kappa shape index (κ1) is 12.5. The van der Waals surface area contributed by atoms with Crippen LogP contribution in [-0.4, -0.2) is 45.6 Å². The van der Waals surface area contributed by atoms with Crippen molar-refractivity contribution >= 4 is 28.2 Å². The fourth-order valence-corrected chi connectivity index (χ4v) is 2.34. The first-order valence-corrected chi connectivity index (χ1v) is 6.42. The number of aliphatic hydroxyl groups excluding tert-OH is 1. The van der Waals surface area contributed by atoms with Crippen molar-refractivity contribution in [2.45, 2.75) is 18.6 Å². The third-order valence-corrected chi connectivity index (χ3v) is 3.46. The van der Waals surface area contributed by atoms with E-state index in [0.717, 1.165) is 10.8 Å². The van der Waals surface area contributed by atoms with Gasteiger partial charge < -0.3 is 15.2 Å². The summed E-state index contributed by atoms with van der Waals surface area (Å²) < 4.78 is 5.20. The molecule has 2 atom stereocenters. The maximum atomic E-state index is 9.88. The number of rotatable bonds is 2. The van der Waals surface area contributed by atoms with Crippen LogP contribution in [0.3, 0.4) is 0 Å². The average molecular weight is 281 g/mol. The maximum absolute atomic E-state index is 9.88. The first-order valence-electron chi connectivity index (χ1n) is 6.04. The number of fused-ring (bicyclic) bond motifs is 1. The highest BCUT2D eigenvalue weighted by molar-refractivity contribution is 6.34. The molecule has 1 aliphatic heterocycles. The van der Waals surface area contributed by atoms with Gasteiger partial charge in [-0.2, -0.15) is 0 Å². The molecular formula is C12H13ClN4O2. The van der Waals surface area contributed by atoms with E-state index in [4.69, 9.17) is 16.3 Å². The molecule has 0 spiro atoms. The molecule has 1 saturated heterocycles. The zero-order valence-electron chi connectivity index (χ0n) is 10.1. The van der Waals surface area contributed by atoms with Crippen molar-refractivity contribution in [3.63, 3.8) is 0 Å². The topological polar surface area (TPSA) is 80.2 Å². The lowest BCUT2D eigenvalue weighted by atomic mass is 10.1. The SMILES string of the molecule is O[C@H]1COCC[C@H]1Nc1nnc(Cl)c2ccncc12. The Morgan fingerprint density at radius 1 is 1.37 bits per heavy atom. The lowest BCUT2D eigenvalue weighted by Gasteiger charge is -2.28. The second kappa shape index (κ2) is 5.24. The van der Waals surface area contributed by atoms with Gasteiger partial charge >= 0.3 is 0 Å². The van der Waals surface area contributed by atoms with Gasteiger partial charge in [0.25, 0.3) is 0 Å². The quantitative estimate of drug-likeness (QED) is 0.861. The molecule has 3 rings (SSSR count). The van der Waals surface area contributed by atoms with Gasteiger partial charge in [-0.25, -0.2) is 0 Å².